The Morgan fingerprint density at radius 2 is 1.79 bits per heavy atom. The largest absolute Gasteiger partial charge is 0.463 e. The highest BCUT2D eigenvalue weighted by Crippen LogP contribution is 2.58. The van der Waals surface area contributed by atoms with Crippen molar-refractivity contribution >= 4 is 29.4 Å². The number of benzene rings is 1. The maximum atomic E-state index is 13.3. The molecule has 7 heteroatoms. The fourth-order valence-corrected chi connectivity index (χ4v) is 4.73. The fourth-order valence-electron chi connectivity index (χ4n) is 4.73. The van der Waals surface area contributed by atoms with Crippen LogP contribution in [-0.4, -0.2) is 36.5 Å². The zero-order valence-electron chi connectivity index (χ0n) is 16.1. The van der Waals surface area contributed by atoms with Crippen LogP contribution in [0, 0.1) is 24.2 Å². The summed E-state index contributed by atoms with van der Waals surface area (Å²) >= 11 is 0. The molecule has 2 bridgehead atoms. The number of carbonyl (C=O) groups is 4. The number of anilines is 1. The zero-order chi connectivity index (χ0) is 20.4. The number of hydrogen-bond acceptors (Lipinski definition) is 6. The minimum Gasteiger partial charge on any atom is -0.463 e. The van der Waals surface area contributed by atoms with E-state index in [-0.39, 0.29) is 12.2 Å². The van der Waals surface area contributed by atoms with E-state index in [9.17, 15) is 19.2 Å². The Morgan fingerprint density at radius 3 is 2.39 bits per heavy atom. The molecule has 2 saturated heterocycles. The van der Waals surface area contributed by atoms with Gasteiger partial charge in [0.15, 0.2) is 0 Å². The van der Waals surface area contributed by atoms with Crippen LogP contribution in [0.15, 0.2) is 35.4 Å². The number of fused-ring (bicyclic) bond motifs is 1. The van der Waals surface area contributed by atoms with Gasteiger partial charge in [-0.3, -0.25) is 14.4 Å². The predicted octanol–water partition coefficient (Wildman–Crippen LogP) is 1.93. The normalized spacial score (nSPS) is 31.2. The molecule has 0 radical (unpaired) electrons. The number of carbonyl (C=O) groups excluding carboxylic acids is 4. The van der Waals surface area contributed by atoms with Crippen LogP contribution in [0.4, 0.5) is 5.69 Å². The average Bonchev–Trinajstić information content (AvgIpc) is 2.90. The first-order valence-corrected chi connectivity index (χ1v) is 9.27. The van der Waals surface area contributed by atoms with E-state index in [0.29, 0.717) is 11.3 Å². The van der Waals surface area contributed by atoms with Crippen LogP contribution in [0.1, 0.15) is 26.3 Å². The second-order valence-electron chi connectivity index (χ2n) is 7.66. The number of amides is 2. The fraction of sp³-hybridized carbons (Fsp3) is 0.429. The molecule has 0 unspecified atom stereocenters. The Labute approximate surface area is 162 Å². The molecule has 1 aromatic rings. The van der Waals surface area contributed by atoms with E-state index in [4.69, 9.17) is 9.47 Å². The Kier molecular flexibility index (Phi) is 3.96. The summed E-state index contributed by atoms with van der Waals surface area (Å²) in [4.78, 5) is 53.0. The summed E-state index contributed by atoms with van der Waals surface area (Å²) < 4.78 is 10.6. The Hall–Kier alpha value is -2.96. The molecule has 0 N–H and O–H groups in total. The summed E-state index contributed by atoms with van der Waals surface area (Å²) in [5.74, 6) is -4.04. The third-order valence-corrected chi connectivity index (χ3v) is 6.07. The van der Waals surface area contributed by atoms with Crippen LogP contribution >= 0.6 is 0 Å². The molecule has 28 heavy (non-hydrogen) atoms. The second-order valence-corrected chi connectivity index (χ2v) is 7.66. The SMILES string of the molecule is CCOC(=O)C1=C(C)[C@H]2OC(=O)[C@@]1(C)[C@H]1C(=O)N(c3ccc(C)cc3)C(=O)[C@H]21. The first-order chi connectivity index (χ1) is 13.2. The molecular formula is C21H21NO6. The summed E-state index contributed by atoms with van der Waals surface area (Å²) in [6.07, 6.45) is -0.939. The smallest absolute Gasteiger partial charge is 0.335 e. The number of aryl methyl sites for hydroxylation is 1. The number of rotatable bonds is 3. The van der Waals surface area contributed by atoms with Crippen molar-refractivity contribution in [1.82, 2.24) is 0 Å². The molecule has 146 valence electrons. The lowest BCUT2D eigenvalue weighted by molar-refractivity contribution is -0.184. The maximum absolute atomic E-state index is 13.3. The van der Waals surface area contributed by atoms with Gasteiger partial charge in [-0.15, -0.1) is 0 Å². The van der Waals surface area contributed by atoms with Gasteiger partial charge in [-0.05, 0) is 45.4 Å². The molecule has 3 heterocycles. The summed E-state index contributed by atoms with van der Waals surface area (Å²) in [5.41, 5.74) is 0.508. The van der Waals surface area contributed by atoms with Gasteiger partial charge in [0, 0.05) is 0 Å². The van der Waals surface area contributed by atoms with Gasteiger partial charge in [-0.1, -0.05) is 17.7 Å². The Bertz CT molecular complexity index is 946. The topological polar surface area (TPSA) is 90.0 Å². The zero-order valence-corrected chi connectivity index (χ0v) is 16.1. The van der Waals surface area contributed by atoms with Crippen LogP contribution in [0.5, 0.6) is 0 Å². The first-order valence-electron chi connectivity index (χ1n) is 9.27. The van der Waals surface area contributed by atoms with Crippen molar-refractivity contribution in [3.63, 3.8) is 0 Å². The van der Waals surface area contributed by atoms with Gasteiger partial charge in [0.2, 0.25) is 11.8 Å². The molecule has 5 rings (SSSR count). The molecule has 1 aliphatic carbocycles. The predicted molar refractivity (Wildman–Crippen MR) is 98.0 cm³/mol. The highest BCUT2D eigenvalue weighted by molar-refractivity contribution is 6.25. The van der Waals surface area contributed by atoms with Gasteiger partial charge in [-0.25, -0.2) is 9.69 Å². The van der Waals surface area contributed by atoms with Crippen LogP contribution in [-0.2, 0) is 28.7 Å². The molecule has 4 atom stereocenters. The molecule has 3 aliphatic heterocycles. The van der Waals surface area contributed by atoms with E-state index < -0.39 is 47.1 Å². The summed E-state index contributed by atoms with van der Waals surface area (Å²) in [6.45, 7) is 6.87. The minimum absolute atomic E-state index is 0.141. The Morgan fingerprint density at radius 1 is 1.14 bits per heavy atom. The number of imide groups is 1. The lowest BCUT2D eigenvalue weighted by Gasteiger charge is -2.48. The molecular weight excluding hydrogens is 362 g/mol. The van der Waals surface area contributed by atoms with Gasteiger partial charge < -0.3 is 9.47 Å². The molecule has 2 fully saturated rings. The standard InChI is InChI=1S/C21H21NO6/c1-5-27-19(25)14-11(3)16-13-15(21(14,4)20(26)28-16)18(24)22(17(13)23)12-8-6-10(2)7-9-12/h6-9,13,15-16H,5H2,1-4H3/t13-,15+,16+,21+/m0/s1. The summed E-state index contributed by atoms with van der Waals surface area (Å²) in [6, 6.07) is 7.01. The molecule has 7 nitrogen and oxygen atoms in total. The first kappa shape index (κ1) is 18.4. The number of hydrogen-bond donors (Lipinski definition) is 0. The third-order valence-electron chi connectivity index (χ3n) is 6.07. The molecule has 0 saturated carbocycles. The van der Waals surface area contributed by atoms with Gasteiger partial charge in [0.05, 0.1) is 29.7 Å². The van der Waals surface area contributed by atoms with Crippen LogP contribution in [0.25, 0.3) is 0 Å². The van der Waals surface area contributed by atoms with E-state index >= 15 is 0 Å². The maximum Gasteiger partial charge on any atom is 0.335 e. The number of ether oxygens (including phenoxy) is 2. The van der Waals surface area contributed by atoms with Gasteiger partial charge in [0.1, 0.15) is 11.5 Å². The van der Waals surface area contributed by atoms with E-state index in [2.05, 4.69) is 0 Å². The van der Waals surface area contributed by atoms with E-state index in [1.165, 1.54) is 6.92 Å². The number of nitrogens with zero attached hydrogens (tertiary/aromatic N) is 1. The van der Waals surface area contributed by atoms with Crippen LogP contribution in [0.3, 0.4) is 0 Å². The Balaban J connectivity index is 1.85. The van der Waals surface area contributed by atoms with Crippen molar-refractivity contribution in [2.75, 3.05) is 11.5 Å². The summed E-state index contributed by atoms with van der Waals surface area (Å²) in [7, 11) is 0. The molecule has 1 aromatic carbocycles. The van der Waals surface area contributed by atoms with Crippen LogP contribution in [0.2, 0.25) is 0 Å². The van der Waals surface area contributed by atoms with Crippen molar-refractivity contribution < 1.29 is 28.7 Å². The van der Waals surface area contributed by atoms with E-state index in [1.54, 1.807) is 26.0 Å². The van der Waals surface area contributed by atoms with Crippen molar-refractivity contribution in [3.05, 3.63) is 41.0 Å². The van der Waals surface area contributed by atoms with Gasteiger partial charge in [0.25, 0.3) is 0 Å². The van der Waals surface area contributed by atoms with Crippen molar-refractivity contribution in [1.29, 1.82) is 0 Å². The minimum atomic E-state index is -1.55. The van der Waals surface area contributed by atoms with E-state index in [0.717, 1.165) is 10.5 Å². The van der Waals surface area contributed by atoms with Crippen LogP contribution < -0.4 is 4.90 Å². The highest BCUT2D eigenvalue weighted by Gasteiger charge is 2.71. The average molecular weight is 383 g/mol. The third kappa shape index (κ3) is 2.16. The summed E-state index contributed by atoms with van der Waals surface area (Å²) in [5, 5.41) is 0. The van der Waals surface area contributed by atoms with Crippen molar-refractivity contribution in [2.24, 2.45) is 17.3 Å². The second kappa shape index (κ2) is 6.02. The van der Waals surface area contributed by atoms with Crippen molar-refractivity contribution in [3.8, 4) is 0 Å². The molecule has 0 aromatic heterocycles. The van der Waals surface area contributed by atoms with E-state index in [1.807, 2.05) is 19.1 Å². The quantitative estimate of drug-likeness (QED) is 0.585. The monoisotopic (exact) mass is 383 g/mol. The number of esters is 2. The van der Waals surface area contributed by atoms with Gasteiger partial charge in [-0.2, -0.15) is 0 Å². The molecule has 4 aliphatic rings. The highest BCUT2D eigenvalue weighted by atomic mass is 16.6. The lowest BCUT2D eigenvalue weighted by atomic mass is 9.57. The molecule has 0 spiro atoms. The lowest BCUT2D eigenvalue weighted by Crippen LogP contribution is -2.60. The molecule has 2 amide bonds. The van der Waals surface area contributed by atoms with Crippen molar-refractivity contribution in [2.45, 2.75) is 33.8 Å². The van der Waals surface area contributed by atoms with Gasteiger partial charge >= 0.3 is 11.9 Å².